The van der Waals surface area contributed by atoms with Gasteiger partial charge in [0.15, 0.2) is 9.84 Å². The fraction of sp³-hybridized carbons (Fsp3) is 0.259. The van der Waals surface area contributed by atoms with Gasteiger partial charge in [-0.15, -0.1) is 11.3 Å². The van der Waals surface area contributed by atoms with Gasteiger partial charge in [-0.2, -0.15) is 0 Å². The van der Waals surface area contributed by atoms with Crippen molar-refractivity contribution in [2.75, 3.05) is 25.6 Å². The Morgan fingerprint density at radius 2 is 1.87 bits per heavy atom. The number of benzene rings is 2. The molecule has 1 N–H and O–H groups in total. The van der Waals surface area contributed by atoms with Crippen LogP contribution in [-0.4, -0.2) is 38.6 Å². The number of ether oxygens (including phenoxy) is 1. The average molecular weight is 560 g/mol. The van der Waals surface area contributed by atoms with Crippen LogP contribution in [0.4, 0.5) is 19.0 Å². The van der Waals surface area contributed by atoms with Crippen LogP contribution in [0, 0.1) is 17.5 Å². The summed E-state index contributed by atoms with van der Waals surface area (Å²) in [5.74, 6) is -2.81. The van der Waals surface area contributed by atoms with Crippen LogP contribution in [0.3, 0.4) is 0 Å². The summed E-state index contributed by atoms with van der Waals surface area (Å²) >= 11 is 1.46. The summed E-state index contributed by atoms with van der Waals surface area (Å²) < 4.78 is 75.2. The van der Waals surface area contributed by atoms with Crippen molar-refractivity contribution in [2.24, 2.45) is 0 Å². The summed E-state index contributed by atoms with van der Waals surface area (Å²) in [7, 11) is -2.63. The van der Waals surface area contributed by atoms with E-state index in [1.54, 1.807) is 19.3 Å². The summed E-state index contributed by atoms with van der Waals surface area (Å²) in [5.41, 5.74) is 1.14. The largest absolute Gasteiger partial charge is 0.381 e. The number of nitrogens with zero attached hydrogens (tertiary/aromatic N) is 2. The van der Waals surface area contributed by atoms with Crippen LogP contribution in [0.2, 0.25) is 0 Å². The van der Waals surface area contributed by atoms with Gasteiger partial charge in [0.1, 0.15) is 28.2 Å². The number of aromatic nitrogens is 2. The second-order valence-electron chi connectivity index (χ2n) is 8.91. The molecule has 2 aromatic carbocycles. The van der Waals surface area contributed by atoms with Gasteiger partial charge in [0.25, 0.3) is 0 Å². The number of pyridine rings is 1. The smallest absolute Gasteiger partial charge is 0.185 e. The average Bonchev–Trinajstić information content (AvgIpc) is 3.37. The molecule has 11 heteroatoms. The topological polar surface area (TPSA) is 81.2 Å². The molecule has 0 bridgehead atoms. The highest BCUT2D eigenvalue weighted by Gasteiger charge is 2.27. The summed E-state index contributed by atoms with van der Waals surface area (Å²) in [6, 6.07) is 10.2. The fourth-order valence-corrected chi connectivity index (χ4v) is 7.11. The van der Waals surface area contributed by atoms with Gasteiger partial charge in [0.2, 0.25) is 0 Å². The first-order valence-electron chi connectivity index (χ1n) is 11.9. The van der Waals surface area contributed by atoms with Crippen molar-refractivity contribution in [3.63, 3.8) is 0 Å². The van der Waals surface area contributed by atoms with E-state index in [4.69, 9.17) is 9.72 Å². The van der Waals surface area contributed by atoms with Gasteiger partial charge < -0.3 is 10.1 Å². The number of thiazole rings is 1. The molecule has 0 spiro atoms. The van der Waals surface area contributed by atoms with E-state index in [0.717, 1.165) is 40.4 Å². The lowest BCUT2D eigenvalue weighted by Crippen LogP contribution is -2.13. The fourth-order valence-electron chi connectivity index (χ4n) is 4.41. The minimum atomic E-state index is -4.37. The molecule has 1 aliphatic heterocycles. The van der Waals surface area contributed by atoms with Gasteiger partial charge in [-0.3, -0.25) is 0 Å². The molecule has 2 aromatic heterocycles. The summed E-state index contributed by atoms with van der Waals surface area (Å²) in [6.07, 6.45) is 3.24. The first kappa shape index (κ1) is 26.3. The maximum absolute atomic E-state index is 16.0. The van der Waals surface area contributed by atoms with E-state index < -0.39 is 37.9 Å². The molecule has 0 unspecified atom stereocenters. The van der Waals surface area contributed by atoms with Gasteiger partial charge in [0, 0.05) is 43.5 Å². The predicted molar refractivity (Wildman–Crippen MR) is 140 cm³/mol. The van der Waals surface area contributed by atoms with Crippen LogP contribution in [0.5, 0.6) is 0 Å². The molecule has 198 valence electrons. The highest BCUT2D eigenvalue weighted by atomic mass is 32.2. The summed E-state index contributed by atoms with van der Waals surface area (Å²) in [4.78, 5) is 9.01. The lowest BCUT2D eigenvalue weighted by Gasteiger charge is -2.19. The molecule has 6 nitrogen and oxygen atoms in total. The molecule has 38 heavy (non-hydrogen) atoms. The van der Waals surface area contributed by atoms with Crippen LogP contribution in [0.15, 0.2) is 59.6 Å². The lowest BCUT2D eigenvalue weighted by atomic mass is 10.0. The number of nitrogens with one attached hydrogen (secondary N) is 1. The number of hydrogen-bond acceptors (Lipinski definition) is 7. The molecule has 1 fully saturated rings. The van der Waals surface area contributed by atoms with Crippen molar-refractivity contribution >= 4 is 27.0 Å². The van der Waals surface area contributed by atoms with Crippen molar-refractivity contribution in [2.45, 2.75) is 29.4 Å². The Balaban J connectivity index is 1.60. The molecular formula is C27H24F3N3O3S2. The molecule has 0 radical (unpaired) electrons. The Hall–Kier alpha value is -3.28. The highest BCUT2D eigenvalue weighted by molar-refractivity contribution is 7.90. The van der Waals surface area contributed by atoms with Crippen molar-refractivity contribution in [1.82, 2.24) is 9.97 Å². The van der Waals surface area contributed by atoms with Crippen LogP contribution in [0.25, 0.3) is 21.7 Å². The van der Waals surface area contributed by atoms with Gasteiger partial charge in [-0.25, -0.2) is 31.6 Å². The van der Waals surface area contributed by atoms with Crippen LogP contribution in [-0.2, 0) is 20.3 Å². The lowest BCUT2D eigenvalue weighted by molar-refractivity contribution is 0.0853. The molecule has 0 amide bonds. The number of hydrogen-bond donors (Lipinski definition) is 1. The van der Waals surface area contributed by atoms with Gasteiger partial charge in [-0.1, -0.05) is 12.1 Å². The monoisotopic (exact) mass is 559 g/mol. The maximum atomic E-state index is 16.0. The first-order valence-corrected chi connectivity index (χ1v) is 14.4. The number of anilines is 1. The minimum Gasteiger partial charge on any atom is -0.381 e. The zero-order chi connectivity index (χ0) is 26.9. The second kappa shape index (κ2) is 10.8. The first-order chi connectivity index (χ1) is 18.3. The minimum absolute atomic E-state index is 0.129. The Kier molecular flexibility index (Phi) is 7.51. The third kappa shape index (κ3) is 5.31. The zero-order valence-corrected chi connectivity index (χ0v) is 22.0. The third-order valence-electron chi connectivity index (χ3n) is 6.40. The van der Waals surface area contributed by atoms with E-state index in [0.29, 0.717) is 30.8 Å². The van der Waals surface area contributed by atoms with Gasteiger partial charge >= 0.3 is 0 Å². The molecule has 5 rings (SSSR count). The van der Waals surface area contributed by atoms with Crippen LogP contribution in [0.1, 0.15) is 29.3 Å². The van der Waals surface area contributed by atoms with E-state index in [9.17, 15) is 17.2 Å². The Morgan fingerprint density at radius 3 is 2.63 bits per heavy atom. The van der Waals surface area contributed by atoms with Crippen molar-refractivity contribution in [3.05, 3.63) is 82.8 Å². The SMILES string of the molecule is CNc1cc(-c2sc(C3CCOCC3)nc2-c2cccc(CS(=O)(=O)c3cc(F)ccc3F)c2F)ccn1. The Bertz CT molecular complexity index is 1590. The second-order valence-corrected chi connectivity index (χ2v) is 11.9. The predicted octanol–water partition coefficient (Wildman–Crippen LogP) is 6.20. The van der Waals surface area contributed by atoms with E-state index in [1.165, 1.54) is 23.5 Å². The normalized spacial score (nSPS) is 14.5. The van der Waals surface area contributed by atoms with E-state index in [1.807, 2.05) is 12.1 Å². The number of sulfone groups is 1. The van der Waals surface area contributed by atoms with Crippen LogP contribution < -0.4 is 5.32 Å². The molecule has 3 heterocycles. The van der Waals surface area contributed by atoms with Gasteiger partial charge in [-0.05, 0) is 54.8 Å². The van der Waals surface area contributed by atoms with Crippen molar-refractivity contribution in [3.8, 4) is 21.7 Å². The van der Waals surface area contributed by atoms with Gasteiger partial charge in [0.05, 0.1) is 21.3 Å². The maximum Gasteiger partial charge on any atom is 0.185 e. The van der Waals surface area contributed by atoms with Crippen molar-refractivity contribution in [1.29, 1.82) is 0 Å². The Labute approximate surface area is 222 Å². The summed E-state index contributed by atoms with van der Waals surface area (Å²) in [5, 5.41) is 3.84. The van der Waals surface area contributed by atoms with E-state index in [2.05, 4.69) is 10.3 Å². The number of rotatable bonds is 7. The van der Waals surface area contributed by atoms with E-state index >= 15 is 4.39 Å². The zero-order valence-electron chi connectivity index (χ0n) is 20.4. The molecule has 0 aliphatic carbocycles. The summed E-state index contributed by atoms with van der Waals surface area (Å²) in [6.45, 7) is 1.23. The van der Waals surface area contributed by atoms with E-state index in [-0.39, 0.29) is 17.0 Å². The third-order valence-corrected chi connectivity index (χ3v) is 9.34. The Morgan fingerprint density at radius 1 is 1.08 bits per heavy atom. The standard InChI is InChI=1S/C27H24F3N3O3S2/c1-31-23-13-17(7-10-32-23)26-25(33-27(37-26)16-8-11-36-12-9-16)20-4-2-3-18(24(20)30)15-38(34,35)22-14-19(28)5-6-21(22)29/h2-7,10,13-14,16H,8-9,11-12,15H2,1H3,(H,31,32). The quantitative estimate of drug-likeness (QED) is 0.291. The molecule has 4 aromatic rings. The molecule has 0 atom stereocenters. The molecule has 0 saturated carbocycles. The molecule has 1 aliphatic rings. The number of halogens is 3. The highest BCUT2D eigenvalue weighted by Crippen LogP contribution is 2.43. The van der Waals surface area contributed by atoms with Crippen LogP contribution >= 0.6 is 11.3 Å². The molecular weight excluding hydrogens is 535 g/mol. The molecule has 1 saturated heterocycles. The van der Waals surface area contributed by atoms with Crippen molar-refractivity contribution < 1.29 is 26.3 Å².